The van der Waals surface area contributed by atoms with Gasteiger partial charge in [-0.1, -0.05) is 20.8 Å². The highest BCUT2D eigenvalue weighted by Gasteiger charge is 2.23. The minimum Gasteiger partial charge on any atom is -0.381 e. The van der Waals surface area contributed by atoms with Gasteiger partial charge >= 0.3 is 0 Å². The fourth-order valence-electron chi connectivity index (χ4n) is 2.45. The molecule has 102 valence electrons. The SMILES string of the molecule is CC(C)CNCc1cn(C2CCOCC2C)cn1. The van der Waals surface area contributed by atoms with Gasteiger partial charge in [-0.2, -0.15) is 0 Å². The molecule has 1 aromatic rings. The zero-order valence-corrected chi connectivity index (χ0v) is 11.7. The molecule has 0 radical (unpaired) electrons. The molecule has 1 aliphatic heterocycles. The van der Waals surface area contributed by atoms with Crippen LogP contribution in [0.5, 0.6) is 0 Å². The lowest BCUT2D eigenvalue weighted by Gasteiger charge is -2.29. The highest BCUT2D eigenvalue weighted by Crippen LogP contribution is 2.26. The Labute approximate surface area is 110 Å². The van der Waals surface area contributed by atoms with Gasteiger partial charge in [0.25, 0.3) is 0 Å². The van der Waals surface area contributed by atoms with E-state index in [9.17, 15) is 0 Å². The Morgan fingerprint density at radius 1 is 1.56 bits per heavy atom. The standard InChI is InChI=1S/C14H25N3O/c1-11(2)6-15-7-13-8-17(10-16-13)14-4-5-18-9-12(14)3/h8,10-12,14-15H,4-7,9H2,1-3H3. The predicted molar refractivity (Wildman–Crippen MR) is 72.4 cm³/mol. The second-order valence-corrected chi connectivity index (χ2v) is 5.75. The third-order valence-electron chi connectivity index (χ3n) is 3.49. The largest absolute Gasteiger partial charge is 0.381 e. The van der Waals surface area contributed by atoms with Gasteiger partial charge in [-0.05, 0) is 18.9 Å². The Hall–Kier alpha value is -0.870. The van der Waals surface area contributed by atoms with E-state index in [0.717, 1.165) is 38.4 Å². The van der Waals surface area contributed by atoms with Gasteiger partial charge < -0.3 is 14.6 Å². The Bertz CT molecular complexity index is 362. The van der Waals surface area contributed by atoms with Crippen molar-refractivity contribution in [2.75, 3.05) is 19.8 Å². The summed E-state index contributed by atoms with van der Waals surface area (Å²) >= 11 is 0. The number of nitrogens with zero attached hydrogens (tertiary/aromatic N) is 2. The van der Waals surface area contributed by atoms with Gasteiger partial charge in [0.2, 0.25) is 0 Å². The molecule has 0 amide bonds. The first kappa shape index (κ1) is 13.6. The fraction of sp³-hybridized carbons (Fsp3) is 0.786. The van der Waals surface area contributed by atoms with Crippen LogP contribution in [0.2, 0.25) is 0 Å². The van der Waals surface area contributed by atoms with Crippen LogP contribution < -0.4 is 5.32 Å². The Balaban J connectivity index is 1.88. The summed E-state index contributed by atoms with van der Waals surface area (Å²) in [5, 5.41) is 3.43. The molecule has 4 heteroatoms. The maximum atomic E-state index is 5.49. The molecule has 1 aromatic heterocycles. The number of hydrogen-bond acceptors (Lipinski definition) is 3. The summed E-state index contributed by atoms with van der Waals surface area (Å²) in [6.07, 6.45) is 5.25. The lowest BCUT2D eigenvalue weighted by Crippen LogP contribution is -2.27. The normalized spacial score (nSPS) is 24.7. The number of aromatic nitrogens is 2. The van der Waals surface area contributed by atoms with Crippen LogP contribution in [0.15, 0.2) is 12.5 Å². The lowest BCUT2D eigenvalue weighted by atomic mass is 9.98. The van der Waals surface area contributed by atoms with Crippen LogP contribution in [0.25, 0.3) is 0 Å². The molecule has 0 aromatic carbocycles. The number of ether oxygens (including phenoxy) is 1. The average Bonchev–Trinajstić information content (AvgIpc) is 2.78. The van der Waals surface area contributed by atoms with Gasteiger partial charge in [-0.3, -0.25) is 0 Å². The first-order valence-electron chi connectivity index (χ1n) is 6.97. The molecule has 1 saturated heterocycles. The van der Waals surface area contributed by atoms with Crippen LogP contribution in [0.4, 0.5) is 0 Å². The molecule has 2 unspecified atom stereocenters. The Morgan fingerprint density at radius 3 is 3.11 bits per heavy atom. The molecule has 0 saturated carbocycles. The van der Waals surface area contributed by atoms with E-state index in [1.165, 1.54) is 0 Å². The van der Waals surface area contributed by atoms with Crippen molar-refractivity contribution in [3.05, 3.63) is 18.2 Å². The topological polar surface area (TPSA) is 39.1 Å². The Morgan fingerprint density at radius 2 is 2.39 bits per heavy atom. The van der Waals surface area contributed by atoms with Gasteiger partial charge in [-0.25, -0.2) is 4.98 Å². The van der Waals surface area contributed by atoms with Gasteiger partial charge in [0.1, 0.15) is 0 Å². The molecule has 4 nitrogen and oxygen atoms in total. The van der Waals surface area contributed by atoms with E-state index >= 15 is 0 Å². The molecule has 2 rings (SSSR count). The van der Waals surface area contributed by atoms with Crippen LogP contribution in [0.3, 0.4) is 0 Å². The van der Waals surface area contributed by atoms with E-state index in [4.69, 9.17) is 4.74 Å². The van der Waals surface area contributed by atoms with E-state index in [2.05, 4.69) is 41.8 Å². The lowest BCUT2D eigenvalue weighted by molar-refractivity contribution is 0.0286. The molecule has 1 aliphatic rings. The summed E-state index contributed by atoms with van der Waals surface area (Å²) in [6.45, 7) is 10.3. The molecular formula is C14H25N3O. The third kappa shape index (κ3) is 3.56. The maximum absolute atomic E-state index is 5.49. The van der Waals surface area contributed by atoms with Crippen LogP contribution >= 0.6 is 0 Å². The Kier molecular flexibility index (Phi) is 4.78. The van der Waals surface area contributed by atoms with Crippen molar-refractivity contribution in [2.24, 2.45) is 11.8 Å². The molecule has 0 bridgehead atoms. The molecule has 1 N–H and O–H groups in total. The van der Waals surface area contributed by atoms with E-state index in [0.29, 0.717) is 17.9 Å². The summed E-state index contributed by atoms with van der Waals surface area (Å²) in [6, 6.07) is 0.546. The minimum atomic E-state index is 0.546. The van der Waals surface area contributed by atoms with Crippen molar-refractivity contribution in [1.82, 2.24) is 14.9 Å². The second kappa shape index (κ2) is 6.34. The van der Waals surface area contributed by atoms with Crippen molar-refractivity contribution >= 4 is 0 Å². The van der Waals surface area contributed by atoms with E-state index in [1.807, 2.05) is 6.33 Å². The number of imidazole rings is 1. The highest BCUT2D eigenvalue weighted by molar-refractivity contribution is 4.98. The van der Waals surface area contributed by atoms with E-state index in [-0.39, 0.29) is 0 Å². The van der Waals surface area contributed by atoms with Gasteiger partial charge in [-0.15, -0.1) is 0 Å². The predicted octanol–water partition coefficient (Wildman–Crippen LogP) is 2.23. The molecule has 0 aliphatic carbocycles. The summed E-state index contributed by atoms with van der Waals surface area (Å²) in [5.74, 6) is 1.26. The molecular weight excluding hydrogens is 226 g/mol. The van der Waals surface area contributed by atoms with E-state index < -0.39 is 0 Å². The molecule has 18 heavy (non-hydrogen) atoms. The van der Waals surface area contributed by atoms with Crippen LogP contribution in [0, 0.1) is 11.8 Å². The minimum absolute atomic E-state index is 0.546. The first-order valence-corrected chi connectivity index (χ1v) is 6.97. The quantitative estimate of drug-likeness (QED) is 0.872. The average molecular weight is 251 g/mol. The monoisotopic (exact) mass is 251 g/mol. The molecule has 1 fully saturated rings. The smallest absolute Gasteiger partial charge is 0.0952 e. The summed E-state index contributed by atoms with van der Waals surface area (Å²) in [5.41, 5.74) is 1.13. The third-order valence-corrected chi connectivity index (χ3v) is 3.49. The van der Waals surface area contributed by atoms with Crippen molar-refractivity contribution in [3.8, 4) is 0 Å². The van der Waals surface area contributed by atoms with Gasteiger partial charge in [0.05, 0.1) is 18.6 Å². The molecule has 0 spiro atoms. The molecule has 2 heterocycles. The zero-order valence-electron chi connectivity index (χ0n) is 11.7. The molecule has 2 atom stereocenters. The summed E-state index contributed by atoms with van der Waals surface area (Å²) in [4.78, 5) is 4.48. The van der Waals surface area contributed by atoms with Crippen LogP contribution in [0.1, 0.15) is 38.9 Å². The van der Waals surface area contributed by atoms with Crippen molar-refractivity contribution < 1.29 is 4.74 Å². The van der Waals surface area contributed by atoms with Crippen LogP contribution in [-0.2, 0) is 11.3 Å². The zero-order chi connectivity index (χ0) is 13.0. The maximum Gasteiger partial charge on any atom is 0.0952 e. The summed E-state index contributed by atoms with van der Waals surface area (Å²) < 4.78 is 7.75. The first-order chi connectivity index (χ1) is 8.66. The number of nitrogens with one attached hydrogen (secondary N) is 1. The van der Waals surface area contributed by atoms with Gasteiger partial charge in [0, 0.05) is 31.3 Å². The van der Waals surface area contributed by atoms with E-state index in [1.54, 1.807) is 0 Å². The van der Waals surface area contributed by atoms with Crippen molar-refractivity contribution in [2.45, 2.75) is 39.8 Å². The fourth-order valence-corrected chi connectivity index (χ4v) is 2.45. The van der Waals surface area contributed by atoms with Crippen LogP contribution in [-0.4, -0.2) is 29.3 Å². The summed E-state index contributed by atoms with van der Waals surface area (Å²) in [7, 11) is 0. The highest BCUT2D eigenvalue weighted by atomic mass is 16.5. The van der Waals surface area contributed by atoms with Crippen molar-refractivity contribution in [1.29, 1.82) is 0 Å². The van der Waals surface area contributed by atoms with Crippen molar-refractivity contribution in [3.63, 3.8) is 0 Å². The second-order valence-electron chi connectivity index (χ2n) is 5.75. The number of hydrogen-bond donors (Lipinski definition) is 1. The van der Waals surface area contributed by atoms with Gasteiger partial charge in [0.15, 0.2) is 0 Å². The number of rotatable bonds is 5.